The Hall–Kier alpha value is -1.08. The average molecular weight is 226 g/mol. The van der Waals surface area contributed by atoms with Gasteiger partial charge >= 0.3 is 0 Å². The second kappa shape index (κ2) is 6.49. The number of carbonyl (C=O) groups excluding carboxylic acids is 1. The molecule has 4 heteroatoms. The van der Waals surface area contributed by atoms with Crippen molar-refractivity contribution in [1.29, 1.82) is 5.26 Å². The number of methoxy groups -OCH3 is 1. The molecule has 0 fully saturated rings. The number of ether oxygens (including phenoxy) is 1. The molecule has 0 aromatic heterocycles. The lowest BCUT2D eigenvalue weighted by Gasteiger charge is -2.33. The minimum atomic E-state index is -0.919. The van der Waals surface area contributed by atoms with Crippen molar-refractivity contribution >= 4 is 5.91 Å². The van der Waals surface area contributed by atoms with Gasteiger partial charge in [-0.15, -0.1) is 0 Å². The Bertz CT molecular complexity index is 273. The van der Waals surface area contributed by atoms with Crippen LogP contribution in [0.5, 0.6) is 0 Å². The fraction of sp³-hybridized carbons (Fsp3) is 0.833. The van der Waals surface area contributed by atoms with E-state index < -0.39 is 5.41 Å². The van der Waals surface area contributed by atoms with Gasteiger partial charge in [-0.1, -0.05) is 6.92 Å². The fourth-order valence-electron chi connectivity index (χ4n) is 1.58. The maximum Gasteiger partial charge on any atom is 0.243 e. The molecule has 0 aromatic carbocycles. The van der Waals surface area contributed by atoms with Gasteiger partial charge in [0.15, 0.2) is 0 Å². The summed E-state index contributed by atoms with van der Waals surface area (Å²) in [6.07, 6.45) is 0.526. The molecule has 0 N–H and O–H groups in total. The molecular weight excluding hydrogens is 204 g/mol. The van der Waals surface area contributed by atoms with E-state index in [2.05, 4.69) is 6.07 Å². The first-order valence-corrected chi connectivity index (χ1v) is 5.68. The zero-order valence-corrected chi connectivity index (χ0v) is 10.9. The van der Waals surface area contributed by atoms with E-state index in [-0.39, 0.29) is 11.9 Å². The maximum absolute atomic E-state index is 12.2. The molecular formula is C12H22N2O2. The predicted molar refractivity (Wildman–Crippen MR) is 62.7 cm³/mol. The van der Waals surface area contributed by atoms with Crippen LogP contribution >= 0.6 is 0 Å². The van der Waals surface area contributed by atoms with E-state index in [0.29, 0.717) is 19.6 Å². The van der Waals surface area contributed by atoms with E-state index in [0.717, 1.165) is 0 Å². The normalized spacial score (nSPS) is 16.0. The van der Waals surface area contributed by atoms with Gasteiger partial charge in [-0.05, 0) is 27.2 Å². The largest absolute Gasteiger partial charge is 0.383 e. The van der Waals surface area contributed by atoms with Crippen LogP contribution in [0.4, 0.5) is 0 Å². The SMILES string of the molecule is CCN(C(=O)C(C)(C#N)CC)C(C)COC. The Kier molecular flexibility index (Phi) is 6.05. The summed E-state index contributed by atoms with van der Waals surface area (Å²) >= 11 is 0. The molecule has 2 unspecified atom stereocenters. The van der Waals surface area contributed by atoms with Gasteiger partial charge in [0.2, 0.25) is 5.91 Å². The second-order valence-electron chi connectivity index (χ2n) is 4.19. The van der Waals surface area contributed by atoms with Crippen LogP contribution in [-0.4, -0.2) is 37.1 Å². The van der Waals surface area contributed by atoms with Crippen LogP contribution in [0, 0.1) is 16.7 Å². The predicted octanol–water partition coefficient (Wildman–Crippen LogP) is 1.81. The molecule has 16 heavy (non-hydrogen) atoms. The lowest BCUT2D eigenvalue weighted by Crippen LogP contribution is -2.47. The quantitative estimate of drug-likeness (QED) is 0.694. The van der Waals surface area contributed by atoms with Crippen LogP contribution in [-0.2, 0) is 9.53 Å². The number of nitriles is 1. The maximum atomic E-state index is 12.2. The van der Waals surface area contributed by atoms with Crippen LogP contribution in [0.1, 0.15) is 34.1 Å². The number of rotatable bonds is 6. The minimum absolute atomic E-state index is 0.00160. The number of amides is 1. The third-order valence-corrected chi connectivity index (χ3v) is 2.97. The van der Waals surface area contributed by atoms with Gasteiger partial charge in [-0.3, -0.25) is 4.79 Å². The molecule has 4 nitrogen and oxygen atoms in total. The van der Waals surface area contributed by atoms with Crippen molar-refractivity contribution < 1.29 is 9.53 Å². The van der Waals surface area contributed by atoms with E-state index in [1.165, 1.54) is 0 Å². The summed E-state index contributed by atoms with van der Waals surface area (Å²) in [5.74, 6) is -0.107. The highest BCUT2D eigenvalue weighted by atomic mass is 16.5. The highest BCUT2D eigenvalue weighted by Crippen LogP contribution is 2.24. The molecule has 1 amide bonds. The van der Waals surface area contributed by atoms with Crippen molar-refractivity contribution in [2.24, 2.45) is 5.41 Å². The Labute approximate surface area is 98.2 Å². The molecule has 0 aromatic rings. The standard InChI is InChI=1S/C12H22N2O2/c1-6-12(4,9-13)11(15)14(7-2)10(3)8-16-5/h10H,6-8H2,1-5H3. The van der Waals surface area contributed by atoms with Crippen molar-refractivity contribution in [3.05, 3.63) is 0 Å². The summed E-state index contributed by atoms with van der Waals surface area (Å²) in [7, 11) is 1.61. The molecule has 0 aliphatic heterocycles. The number of hydrogen-bond acceptors (Lipinski definition) is 3. The summed E-state index contributed by atoms with van der Waals surface area (Å²) in [4.78, 5) is 13.9. The molecule has 2 atom stereocenters. The smallest absolute Gasteiger partial charge is 0.243 e. The van der Waals surface area contributed by atoms with Crippen molar-refractivity contribution in [3.63, 3.8) is 0 Å². The van der Waals surface area contributed by atoms with Gasteiger partial charge in [-0.2, -0.15) is 5.26 Å². The van der Waals surface area contributed by atoms with Crippen molar-refractivity contribution in [3.8, 4) is 6.07 Å². The molecule has 0 bridgehead atoms. The third-order valence-electron chi connectivity index (χ3n) is 2.97. The molecule has 0 radical (unpaired) electrons. The molecule has 0 aliphatic carbocycles. The zero-order valence-electron chi connectivity index (χ0n) is 10.9. The fourth-order valence-corrected chi connectivity index (χ4v) is 1.58. The summed E-state index contributed by atoms with van der Waals surface area (Å²) in [5, 5.41) is 9.08. The lowest BCUT2D eigenvalue weighted by molar-refractivity contribution is -0.141. The Balaban J connectivity index is 4.85. The first kappa shape index (κ1) is 14.9. The van der Waals surface area contributed by atoms with Gasteiger partial charge in [0.25, 0.3) is 0 Å². The van der Waals surface area contributed by atoms with Crippen LogP contribution in [0.3, 0.4) is 0 Å². The number of carbonyl (C=O) groups is 1. The monoisotopic (exact) mass is 226 g/mol. The van der Waals surface area contributed by atoms with Crippen molar-refractivity contribution in [2.45, 2.75) is 40.2 Å². The van der Waals surface area contributed by atoms with E-state index in [1.807, 2.05) is 20.8 Å². The van der Waals surface area contributed by atoms with E-state index in [9.17, 15) is 4.79 Å². The zero-order chi connectivity index (χ0) is 12.8. The topological polar surface area (TPSA) is 53.3 Å². The molecule has 0 spiro atoms. The minimum Gasteiger partial charge on any atom is -0.383 e. The Morgan fingerprint density at radius 3 is 2.44 bits per heavy atom. The van der Waals surface area contributed by atoms with Crippen molar-refractivity contribution in [2.75, 3.05) is 20.3 Å². The Morgan fingerprint density at radius 2 is 2.12 bits per heavy atom. The first-order valence-electron chi connectivity index (χ1n) is 5.68. The van der Waals surface area contributed by atoms with Crippen LogP contribution in [0.15, 0.2) is 0 Å². The average Bonchev–Trinajstić information content (AvgIpc) is 2.29. The van der Waals surface area contributed by atoms with Gasteiger partial charge in [0, 0.05) is 13.7 Å². The van der Waals surface area contributed by atoms with Gasteiger partial charge in [-0.25, -0.2) is 0 Å². The molecule has 0 aliphatic rings. The summed E-state index contributed by atoms with van der Waals surface area (Å²) in [5.41, 5.74) is -0.919. The summed E-state index contributed by atoms with van der Waals surface area (Å²) in [6, 6.07) is 2.11. The number of nitrogens with zero attached hydrogens (tertiary/aromatic N) is 2. The lowest BCUT2D eigenvalue weighted by atomic mass is 9.87. The number of hydrogen-bond donors (Lipinski definition) is 0. The van der Waals surface area contributed by atoms with Gasteiger partial charge in [0.1, 0.15) is 5.41 Å². The molecule has 92 valence electrons. The van der Waals surface area contributed by atoms with Crippen LogP contribution in [0.25, 0.3) is 0 Å². The van der Waals surface area contributed by atoms with Crippen molar-refractivity contribution in [1.82, 2.24) is 4.90 Å². The second-order valence-corrected chi connectivity index (χ2v) is 4.19. The van der Waals surface area contributed by atoms with Crippen LogP contribution in [0.2, 0.25) is 0 Å². The third kappa shape index (κ3) is 3.21. The van der Waals surface area contributed by atoms with Gasteiger partial charge < -0.3 is 9.64 Å². The molecule has 0 saturated heterocycles. The van der Waals surface area contributed by atoms with E-state index in [4.69, 9.17) is 10.00 Å². The Morgan fingerprint density at radius 1 is 1.56 bits per heavy atom. The molecule has 0 saturated carbocycles. The highest BCUT2D eigenvalue weighted by molar-refractivity contribution is 5.85. The summed E-state index contributed by atoms with van der Waals surface area (Å²) in [6.45, 7) is 8.48. The van der Waals surface area contributed by atoms with E-state index >= 15 is 0 Å². The van der Waals surface area contributed by atoms with E-state index in [1.54, 1.807) is 18.9 Å². The molecule has 0 rings (SSSR count). The van der Waals surface area contributed by atoms with Crippen LogP contribution < -0.4 is 0 Å². The first-order chi connectivity index (χ1) is 7.46. The highest BCUT2D eigenvalue weighted by Gasteiger charge is 2.36. The summed E-state index contributed by atoms with van der Waals surface area (Å²) < 4.78 is 5.04. The number of likely N-dealkylation sites (N-methyl/N-ethyl adjacent to an activating group) is 1. The van der Waals surface area contributed by atoms with Gasteiger partial charge in [0.05, 0.1) is 18.7 Å². The molecule has 0 heterocycles.